The number of aromatic nitrogens is 3. The summed E-state index contributed by atoms with van der Waals surface area (Å²) in [5.41, 5.74) is 2.48. The summed E-state index contributed by atoms with van der Waals surface area (Å²) >= 11 is 1.44. The molecule has 1 fully saturated rings. The Morgan fingerprint density at radius 2 is 1.91 bits per heavy atom. The van der Waals surface area contributed by atoms with E-state index in [1.807, 2.05) is 47.4 Å². The molecule has 1 aliphatic heterocycles. The number of piperazine rings is 1. The van der Waals surface area contributed by atoms with Crippen molar-refractivity contribution in [2.24, 2.45) is 0 Å². The summed E-state index contributed by atoms with van der Waals surface area (Å²) in [6, 6.07) is 13.5. The van der Waals surface area contributed by atoms with Crippen molar-refractivity contribution in [1.82, 2.24) is 19.4 Å². The van der Waals surface area contributed by atoms with Crippen molar-refractivity contribution in [2.45, 2.75) is 6.54 Å². The van der Waals surface area contributed by atoms with Crippen LogP contribution >= 0.6 is 11.3 Å². The molecule has 3 heterocycles. The summed E-state index contributed by atoms with van der Waals surface area (Å²) in [7, 11) is 1.61. The van der Waals surface area contributed by atoms with Crippen LogP contribution in [0.5, 0.6) is 0 Å². The number of hydrogen-bond donors (Lipinski definition) is 0. The van der Waals surface area contributed by atoms with Gasteiger partial charge in [0.1, 0.15) is 0 Å². The fraction of sp³-hybridized carbons (Fsp3) is 0.304. The zero-order valence-corrected chi connectivity index (χ0v) is 18.5. The van der Waals surface area contributed by atoms with E-state index in [2.05, 4.69) is 14.9 Å². The molecule has 0 atom stereocenters. The van der Waals surface area contributed by atoms with Crippen LogP contribution in [0.15, 0.2) is 53.6 Å². The Hall–Kier alpha value is -3.30. The lowest BCUT2D eigenvalue weighted by molar-refractivity contribution is 0.0746. The third-order valence-corrected chi connectivity index (χ3v) is 6.78. The number of carbonyl (C=O) groups is 1. The topological polar surface area (TPSA) is 80.6 Å². The number of rotatable bonds is 5. The van der Waals surface area contributed by atoms with Crippen LogP contribution in [0.4, 0.5) is 5.69 Å². The van der Waals surface area contributed by atoms with Crippen LogP contribution in [-0.4, -0.2) is 65.2 Å². The normalized spacial score (nSPS) is 14.4. The number of ether oxygens (including phenoxy) is 1. The van der Waals surface area contributed by atoms with Crippen molar-refractivity contribution in [3.63, 3.8) is 0 Å². The molecule has 2 aromatic carbocycles. The smallest absolute Gasteiger partial charge is 0.282 e. The predicted octanol–water partition coefficient (Wildman–Crippen LogP) is 2.62. The quantitative estimate of drug-likeness (QED) is 0.466. The molecule has 0 unspecified atom stereocenters. The lowest BCUT2D eigenvalue weighted by Crippen LogP contribution is -2.48. The number of hydrogen-bond acceptors (Lipinski definition) is 7. The second-order valence-corrected chi connectivity index (χ2v) is 8.73. The zero-order chi connectivity index (χ0) is 22.1. The molecule has 5 rings (SSSR count). The molecule has 0 radical (unpaired) electrons. The molecule has 1 aliphatic rings. The number of methoxy groups -OCH3 is 1. The van der Waals surface area contributed by atoms with Gasteiger partial charge in [-0.05, 0) is 30.3 Å². The second-order valence-electron chi connectivity index (χ2n) is 7.70. The number of nitrogens with zero attached hydrogens (tertiary/aromatic N) is 5. The minimum Gasteiger partial charge on any atom is -0.383 e. The summed E-state index contributed by atoms with van der Waals surface area (Å²) in [4.78, 5) is 38.6. The van der Waals surface area contributed by atoms with Crippen LogP contribution in [0.25, 0.3) is 21.1 Å². The van der Waals surface area contributed by atoms with E-state index in [0.29, 0.717) is 55.2 Å². The maximum atomic E-state index is 12.9. The third-order valence-electron chi connectivity index (χ3n) is 5.75. The predicted molar refractivity (Wildman–Crippen MR) is 126 cm³/mol. The van der Waals surface area contributed by atoms with Gasteiger partial charge in [0.15, 0.2) is 5.01 Å². The third kappa shape index (κ3) is 3.85. The molecule has 2 aromatic heterocycles. The molecule has 8 nitrogen and oxygen atoms in total. The Bertz CT molecular complexity index is 1310. The molecule has 0 N–H and O–H groups in total. The lowest BCUT2D eigenvalue weighted by Gasteiger charge is -2.35. The summed E-state index contributed by atoms with van der Waals surface area (Å²) in [6.45, 7) is 3.62. The summed E-state index contributed by atoms with van der Waals surface area (Å²) in [5, 5.41) is 1.14. The number of thiazole rings is 1. The molecule has 0 spiro atoms. The number of amides is 1. The average molecular weight is 450 g/mol. The van der Waals surface area contributed by atoms with E-state index in [0.717, 1.165) is 15.9 Å². The molecular formula is C23H23N5O3S. The number of para-hydroxylation sites is 1. The maximum absolute atomic E-state index is 12.9. The van der Waals surface area contributed by atoms with Crippen LogP contribution in [0.2, 0.25) is 0 Å². The van der Waals surface area contributed by atoms with Crippen molar-refractivity contribution in [1.29, 1.82) is 0 Å². The van der Waals surface area contributed by atoms with Crippen molar-refractivity contribution in [3.8, 4) is 0 Å². The van der Waals surface area contributed by atoms with E-state index in [1.54, 1.807) is 18.0 Å². The molecule has 0 saturated carbocycles. The van der Waals surface area contributed by atoms with E-state index in [1.165, 1.54) is 11.3 Å². The Morgan fingerprint density at radius 3 is 2.69 bits per heavy atom. The highest BCUT2D eigenvalue weighted by Crippen LogP contribution is 2.24. The average Bonchev–Trinajstić information content (AvgIpc) is 3.27. The van der Waals surface area contributed by atoms with Crippen LogP contribution in [0.3, 0.4) is 0 Å². The van der Waals surface area contributed by atoms with Gasteiger partial charge in [-0.15, -0.1) is 11.3 Å². The fourth-order valence-electron chi connectivity index (χ4n) is 3.96. The van der Waals surface area contributed by atoms with Crippen LogP contribution in [-0.2, 0) is 11.3 Å². The van der Waals surface area contributed by atoms with Gasteiger partial charge in [0.2, 0.25) is 0 Å². The second kappa shape index (κ2) is 8.68. The number of fused-ring (bicyclic) bond motifs is 2. The van der Waals surface area contributed by atoms with Gasteiger partial charge in [-0.25, -0.2) is 9.97 Å². The number of carbonyl (C=O) groups excluding carboxylic acids is 1. The molecule has 1 saturated heterocycles. The highest BCUT2D eigenvalue weighted by atomic mass is 32.1. The molecule has 1 amide bonds. The minimum atomic E-state index is -0.0650. The van der Waals surface area contributed by atoms with Crippen molar-refractivity contribution in [3.05, 3.63) is 64.2 Å². The van der Waals surface area contributed by atoms with Crippen LogP contribution in [0.1, 0.15) is 9.80 Å². The Labute approximate surface area is 188 Å². The molecule has 164 valence electrons. The first-order valence-corrected chi connectivity index (χ1v) is 11.3. The first kappa shape index (κ1) is 20.6. The van der Waals surface area contributed by atoms with Gasteiger partial charge >= 0.3 is 0 Å². The molecule has 9 heteroatoms. The van der Waals surface area contributed by atoms with Crippen molar-refractivity contribution >= 4 is 44.1 Å². The van der Waals surface area contributed by atoms with Gasteiger partial charge in [-0.1, -0.05) is 12.1 Å². The monoisotopic (exact) mass is 449 g/mol. The van der Waals surface area contributed by atoms with Crippen molar-refractivity contribution in [2.75, 3.05) is 44.8 Å². The highest BCUT2D eigenvalue weighted by molar-refractivity contribution is 7.20. The lowest BCUT2D eigenvalue weighted by atomic mass is 10.2. The Morgan fingerprint density at radius 1 is 1.09 bits per heavy atom. The number of benzene rings is 2. The minimum absolute atomic E-state index is 0.0114. The number of anilines is 1. The SMILES string of the molecule is COCCn1cnc2cc(N3CCN(C(=O)c4nc5ccccc5s4)CC3)ccc2c1=O. The van der Waals surface area contributed by atoms with Crippen molar-refractivity contribution < 1.29 is 9.53 Å². The van der Waals surface area contributed by atoms with Gasteiger partial charge in [0.05, 0.1) is 40.6 Å². The highest BCUT2D eigenvalue weighted by Gasteiger charge is 2.25. The van der Waals surface area contributed by atoms with E-state index >= 15 is 0 Å². The van der Waals surface area contributed by atoms with Gasteiger partial charge in [-0.3, -0.25) is 14.2 Å². The van der Waals surface area contributed by atoms with Crippen LogP contribution < -0.4 is 10.5 Å². The molecule has 0 bridgehead atoms. The van der Waals surface area contributed by atoms with Gasteiger partial charge in [-0.2, -0.15) is 0 Å². The first-order valence-electron chi connectivity index (χ1n) is 10.5. The van der Waals surface area contributed by atoms with Gasteiger partial charge in [0.25, 0.3) is 11.5 Å². The van der Waals surface area contributed by atoms with Gasteiger partial charge in [0, 0.05) is 39.0 Å². The molecule has 4 aromatic rings. The molecule has 32 heavy (non-hydrogen) atoms. The summed E-state index contributed by atoms with van der Waals surface area (Å²) in [6.07, 6.45) is 1.57. The summed E-state index contributed by atoms with van der Waals surface area (Å²) in [5.74, 6) is -0.0114. The molecular weight excluding hydrogens is 426 g/mol. The fourth-order valence-corrected chi connectivity index (χ4v) is 4.89. The largest absolute Gasteiger partial charge is 0.383 e. The molecule has 0 aliphatic carbocycles. The summed E-state index contributed by atoms with van der Waals surface area (Å²) < 4.78 is 7.65. The van der Waals surface area contributed by atoms with E-state index < -0.39 is 0 Å². The van der Waals surface area contributed by atoms with E-state index in [4.69, 9.17) is 4.74 Å². The van der Waals surface area contributed by atoms with E-state index in [9.17, 15) is 9.59 Å². The standard InChI is InChI=1S/C23H23N5O3S/c1-31-13-12-28-15-24-19-14-16(6-7-17(19)22(28)29)26-8-10-27(11-9-26)23(30)21-25-18-4-2-3-5-20(18)32-21/h2-7,14-15H,8-13H2,1H3. The zero-order valence-electron chi connectivity index (χ0n) is 17.7. The first-order chi connectivity index (χ1) is 15.6. The maximum Gasteiger partial charge on any atom is 0.282 e. The van der Waals surface area contributed by atoms with Gasteiger partial charge < -0.3 is 14.5 Å². The Kier molecular flexibility index (Phi) is 5.59. The van der Waals surface area contributed by atoms with Crippen LogP contribution in [0, 0.1) is 0 Å². The van der Waals surface area contributed by atoms with E-state index in [-0.39, 0.29) is 11.5 Å². The Balaban J connectivity index is 1.29.